The minimum Gasteiger partial charge on any atom is -0.464 e. The van der Waals surface area contributed by atoms with E-state index in [-0.39, 0.29) is 0 Å². The third-order valence-corrected chi connectivity index (χ3v) is 1.94. The number of hydrogen-bond donors (Lipinski definition) is 1. The zero-order valence-corrected chi connectivity index (χ0v) is 6.61. The Kier molecular flexibility index (Phi) is 1.36. The molecule has 2 rings (SSSR count). The van der Waals surface area contributed by atoms with Crippen LogP contribution in [0.25, 0.3) is 5.57 Å². The Balaban J connectivity index is 2.52. The van der Waals surface area contributed by atoms with Crippen molar-refractivity contribution in [2.45, 2.75) is 13.5 Å². The first-order valence-corrected chi connectivity index (χ1v) is 3.75. The maximum Gasteiger partial charge on any atom is 0.125 e. The van der Waals surface area contributed by atoms with Gasteiger partial charge in [-0.25, -0.2) is 0 Å². The lowest BCUT2D eigenvalue weighted by Crippen LogP contribution is -2.20. The molecule has 58 valence electrons. The number of furan rings is 1. The molecule has 0 amide bonds. The van der Waals surface area contributed by atoms with Gasteiger partial charge in [-0.15, -0.1) is 0 Å². The molecule has 1 aromatic rings. The first-order chi connectivity index (χ1) is 5.27. The van der Waals surface area contributed by atoms with Crippen LogP contribution in [0.1, 0.15) is 17.1 Å². The molecule has 0 spiro atoms. The Bertz CT molecular complexity index is 299. The van der Waals surface area contributed by atoms with E-state index in [2.05, 4.69) is 18.0 Å². The summed E-state index contributed by atoms with van der Waals surface area (Å²) in [6, 6.07) is 2.05. The lowest BCUT2D eigenvalue weighted by molar-refractivity contribution is 0.462. The summed E-state index contributed by atoms with van der Waals surface area (Å²) >= 11 is 0. The van der Waals surface area contributed by atoms with Gasteiger partial charge in [0.1, 0.15) is 11.5 Å². The molecule has 0 aliphatic carbocycles. The van der Waals surface area contributed by atoms with Crippen LogP contribution in [0.5, 0.6) is 0 Å². The van der Waals surface area contributed by atoms with Gasteiger partial charge in [0.25, 0.3) is 0 Å². The number of hydrogen-bond acceptors (Lipinski definition) is 2. The molecule has 0 saturated heterocycles. The molecule has 1 aliphatic rings. The summed E-state index contributed by atoms with van der Waals surface area (Å²) in [6.07, 6.45) is 0. The maximum atomic E-state index is 5.45. The first-order valence-electron chi connectivity index (χ1n) is 3.75. The monoisotopic (exact) mass is 149 g/mol. The van der Waals surface area contributed by atoms with Crippen molar-refractivity contribution in [1.82, 2.24) is 5.32 Å². The van der Waals surface area contributed by atoms with E-state index in [9.17, 15) is 0 Å². The molecule has 1 N–H and O–H groups in total. The van der Waals surface area contributed by atoms with E-state index in [0.717, 1.165) is 30.2 Å². The van der Waals surface area contributed by atoms with Crippen molar-refractivity contribution in [2.24, 2.45) is 0 Å². The van der Waals surface area contributed by atoms with Gasteiger partial charge in [-0.2, -0.15) is 0 Å². The fourth-order valence-corrected chi connectivity index (χ4v) is 1.42. The summed E-state index contributed by atoms with van der Waals surface area (Å²) in [5, 5.41) is 3.21. The van der Waals surface area contributed by atoms with Crippen molar-refractivity contribution in [3.63, 3.8) is 0 Å². The molecule has 2 nitrogen and oxygen atoms in total. The summed E-state index contributed by atoms with van der Waals surface area (Å²) in [7, 11) is 0. The minimum absolute atomic E-state index is 0.836. The van der Waals surface area contributed by atoms with Crippen molar-refractivity contribution in [2.75, 3.05) is 6.54 Å². The van der Waals surface area contributed by atoms with Gasteiger partial charge < -0.3 is 9.73 Å². The highest BCUT2D eigenvalue weighted by Crippen LogP contribution is 2.24. The zero-order chi connectivity index (χ0) is 7.84. The van der Waals surface area contributed by atoms with Gasteiger partial charge in [-0.3, -0.25) is 0 Å². The van der Waals surface area contributed by atoms with Crippen molar-refractivity contribution in [3.05, 3.63) is 29.7 Å². The lowest BCUT2D eigenvalue weighted by atomic mass is 10.1. The van der Waals surface area contributed by atoms with E-state index < -0.39 is 0 Å². The van der Waals surface area contributed by atoms with Crippen LogP contribution >= 0.6 is 0 Å². The molecule has 1 aromatic heterocycles. The third kappa shape index (κ3) is 0.994. The molecule has 2 heteroatoms. The van der Waals surface area contributed by atoms with Crippen molar-refractivity contribution >= 4 is 5.57 Å². The summed E-state index contributed by atoms with van der Waals surface area (Å²) in [5.74, 6) is 2.00. The molecule has 11 heavy (non-hydrogen) atoms. The van der Waals surface area contributed by atoms with Gasteiger partial charge in [-0.05, 0) is 18.6 Å². The Labute approximate surface area is 65.9 Å². The van der Waals surface area contributed by atoms with Crippen LogP contribution in [-0.2, 0) is 6.54 Å². The van der Waals surface area contributed by atoms with Crippen LogP contribution < -0.4 is 5.32 Å². The van der Waals surface area contributed by atoms with Crippen molar-refractivity contribution in [3.8, 4) is 0 Å². The van der Waals surface area contributed by atoms with Crippen molar-refractivity contribution in [1.29, 1.82) is 0 Å². The largest absolute Gasteiger partial charge is 0.464 e. The summed E-state index contributed by atoms with van der Waals surface area (Å²) in [5.41, 5.74) is 2.32. The van der Waals surface area contributed by atoms with E-state index >= 15 is 0 Å². The summed E-state index contributed by atoms with van der Waals surface area (Å²) < 4.78 is 5.45. The van der Waals surface area contributed by atoms with Crippen LogP contribution in [0.2, 0.25) is 0 Å². The van der Waals surface area contributed by atoms with E-state index in [0.29, 0.717) is 0 Å². The van der Waals surface area contributed by atoms with Crippen LogP contribution in [0.15, 0.2) is 17.1 Å². The molecule has 1 aliphatic heterocycles. The highest BCUT2D eigenvalue weighted by atomic mass is 16.3. The zero-order valence-electron chi connectivity index (χ0n) is 6.61. The fourth-order valence-electron chi connectivity index (χ4n) is 1.42. The van der Waals surface area contributed by atoms with Crippen LogP contribution in [0.4, 0.5) is 0 Å². The van der Waals surface area contributed by atoms with Crippen LogP contribution in [0, 0.1) is 6.92 Å². The predicted octanol–water partition coefficient (Wildman–Crippen LogP) is 1.70. The lowest BCUT2D eigenvalue weighted by Gasteiger charge is -2.12. The van der Waals surface area contributed by atoms with Gasteiger partial charge in [-0.1, -0.05) is 6.58 Å². The molecule has 0 aromatic carbocycles. The number of aryl methyl sites for hydroxylation is 1. The number of rotatable bonds is 0. The van der Waals surface area contributed by atoms with E-state index in [1.54, 1.807) is 0 Å². The standard InChI is InChI=1S/C9H11NO/c1-6-4-10-5-9-8(6)3-7(2)11-9/h3,10H,1,4-5H2,2H3. The highest BCUT2D eigenvalue weighted by molar-refractivity contribution is 5.68. The highest BCUT2D eigenvalue weighted by Gasteiger charge is 2.15. The molecule has 0 radical (unpaired) electrons. The SMILES string of the molecule is C=C1CNCc2oc(C)cc21. The quantitative estimate of drug-likeness (QED) is 0.607. The summed E-state index contributed by atoms with van der Waals surface area (Å²) in [4.78, 5) is 0. The predicted molar refractivity (Wildman–Crippen MR) is 44.2 cm³/mol. The fraction of sp³-hybridized carbons (Fsp3) is 0.333. The van der Waals surface area contributed by atoms with E-state index in [1.165, 1.54) is 5.56 Å². The van der Waals surface area contributed by atoms with E-state index in [1.807, 2.05) is 6.92 Å². The van der Waals surface area contributed by atoms with E-state index in [4.69, 9.17) is 4.42 Å². The number of nitrogens with one attached hydrogen (secondary N) is 1. The molecule has 0 unspecified atom stereocenters. The van der Waals surface area contributed by atoms with Gasteiger partial charge in [0.15, 0.2) is 0 Å². The second-order valence-electron chi connectivity index (χ2n) is 2.90. The smallest absolute Gasteiger partial charge is 0.125 e. The minimum atomic E-state index is 0.836. The molecular formula is C9H11NO. The maximum absolute atomic E-state index is 5.45. The second kappa shape index (κ2) is 2.24. The second-order valence-corrected chi connectivity index (χ2v) is 2.90. The molecule has 0 bridgehead atoms. The normalized spacial score (nSPS) is 16.6. The Morgan fingerprint density at radius 2 is 2.36 bits per heavy atom. The molecular weight excluding hydrogens is 138 g/mol. The van der Waals surface area contributed by atoms with Crippen LogP contribution in [-0.4, -0.2) is 6.54 Å². The van der Waals surface area contributed by atoms with Gasteiger partial charge in [0, 0.05) is 12.1 Å². The third-order valence-electron chi connectivity index (χ3n) is 1.94. The average Bonchev–Trinajstić information content (AvgIpc) is 2.31. The topological polar surface area (TPSA) is 25.2 Å². The number of fused-ring (bicyclic) bond motifs is 1. The molecule has 0 fully saturated rings. The van der Waals surface area contributed by atoms with Gasteiger partial charge in [0.05, 0.1) is 6.54 Å². The first kappa shape index (κ1) is 6.68. The van der Waals surface area contributed by atoms with Crippen molar-refractivity contribution < 1.29 is 4.42 Å². The Hall–Kier alpha value is -1.02. The molecule has 0 atom stereocenters. The average molecular weight is 149 g/mol. The summed E-state index contributed by atoms with van der Waals surface area (Å²) in [6.45, 7) is 7.63. The Morgan fingerprint density at radius 1 is 1.55 bits per heavy atom. The van der Waals surface area contributed by atoms with Gasteiger partial charge in [0.2, 0.25) is 0 Å². The molecule has 2 heterocycles. The van der Waals surface area contributed by atoms with Gasteiger partial charge >= 0.3 is 0 Å². The molecule has 0 saturated carbocycles. The Morgan fingerprint density at radius 3 is 3.09 bits per heavy atom. The van der Waals surface area contributed by atoms with Crippen LogP contribution in [0.3, 0.4) is 0 Å².